The maximum Gasteiger partial charge on any atom is 0.338 e. The van der Waals surface area contributed by atoms with Gasteiger partial charge in [0.1, 0.15) is 11.9 Å². The quantitative estimate of drug-likeness (QED) is 0.355. The number of aliphatic hydroxyl groups excluding tert-OH is 2. The summed E-state index contributed by atoms with van der Waals surface area (Å²) in [5.41, 5.74) is 0.210. The first kappa shape index (κ1) is 10.9. The fourth-order valence-electron chi connectivity index (χ4n) is 0.376. The fraction of sp³-hybridized carbons (Fsp3) is 0.375. The molecule has 0 radical (unpaired) electrons. The molecule has 2 N–H and O–H groups in total. The molecule has 4 heteroatoms. The lowest BCUT2D eigenvalue weighted by Crippen LogP contribution is -2.19. The zero-order chi connectivity index (χ0) is 9.72. The van der Waals surface area contributed by atoms with E-state index >= 15 is 0 Å². The highest BCUT2D eigenvalue weighted by Crippen LogP contribution is 2.04. The lowest BCUT2D eigenvalue weighted by Gasteiger charge is -2.10. The molecule has 4 nitrogen and oxygen atoms in total. The van der Waals surface area contributed by atoms with Crippen LogP contribution in [0.5, 0.6) is 0 Å². The Morgan fingerprint density at radius 1 is 1.58 bits per heavy atom. The Balaban J connectivity index is 4.01. The SMILES string of the molecule is C=C(C)C(=O)OC(=C)C(O)CO. The van der Waals surface area contributed by atoms with E-state index in [-0.39, 0.29) is 11.3 Å². The highest BCUT2D eigenvalue weighted by Gasteiger charge is 2.12. The van der Waals surface area contributed by atoms with E-state index in [4.69, 9.17) is 10.2 Å². The second-order valence-corrected chi connectivity index (χ2v) is 2.33. The molecule has 0 aliphatic heterocycles. The molecule has 0 rings (SSSR count). The summed E-state index contributed by atoms with van der Waals surface area (Å²) in [4.78, 5) is 10.8. The van der Waals surface area contributed by atoms with Gasteiger partial charge in [0.15, 0.2) is 0 Å². The molecule has 0 fully saturated rings. The monoisotopic (exact) mass is 172 g/mol. The Morgan fingerprint density at radius 3 is 2.42 bits per heavy atom. The number of esters is 1. The zero-order valence-electron chi connectivity index (χ0n) is 6.91. The van der Waals surface area contributed by atoms with Gasteiger partial charge in [-0.3, -0.25) is 0 Å². The number of carbonyl (C=O) groups excluding carboxylic acids is 1. The Labute approximate surface area is 70.8 Å². The lowest BCUT2D eigenvalue weighted by molar-refractivity contribution is -0.136. The van der Waals surface area contributed by atoms with Crippen LogP contribution in [0.3, 0.4) is 0 Å². The topological polar surface area (TPSA) is 66.8 Å². The van der Waals surface area contributed by atoms with Crippen LogP contribution < -0.4 is 0 Å². The van der Waals surface area contributed by atoms with E-state index in [0.717, 1.165) is 0 Å². The summed E-state index contributed by atoms with van der Waals surface area (Å²) in [6.45, 7) is 7.53. The van der Waals surface area contributed by atoms with E-state index in [1.54, 1.807) is 0 Å². The fourth-order valence-corrected chi connectivity index (χ4v) is 0.376. The van der Waals surface area contributed by atoms with Crippen molar-refractivity contribution in [3.05, 3.63) is 24.5 Å². The molecule has 0 aliphatic rings. The van der Waals surface area contributed by atoms with Gasteiger partial charge in [0.25, 0.3) is 0 Å². The molecule has 12 heavy (non-hydrogen) atoms. The highest BCUT2D eigenvalue weighted by molar-refractivity contribution is 5.87. The number of carbonyl (C=O) groups is 1. The molecule has 0 aliphatic carbocycles. The summed E-state index contributed by atoms with van der Waals surface area (Å²) in [6.07, 6.45) is -1.23. The van der Waals surface area contributed by atoms with Crippen LogP contribution in [0.1, 0.15) is 6.92 Å². The van der Waals surface area contributed by atoms with Gasteiger partial charge < -0.3 is 14.9 Å². The van der Waals surface area contributed by atoms with Crippen molar-refractivity contribution in [3.8, 4) is 0 Å². The third-order valence-electron chi connectivity index (χ3n) is 1.12. The summed E-state index contributed by atoms with van der Waals surface area (Å²) in [5, 5.41) is 17.3. The van der Waals surface area contributed by atoms with Crippen molar-refractivity contribution in [1.82, 2.24) is 0 Å². The van der Waals surface area contributed by atoms with E-state index in [0.29, 0.717) is 0 Å². The number of ether oxygens (including phenoxy) is 1. The average molecular weight is 172 g/mol. The Hall–Kier alpha value is -1.13. The van der Waals surface area contributed by atoms with Gasteiger partial charge in [-0.25, -0.2) is 4.79 Å². The molecule has 0 bridgehead atoms. The summed E-state index contributed by atoms with van der Waals surface area (Å²) in [6, 6.07) is 0. The van der Waals surface area contributed by atoms with Gasteiger partial charge in [-0.05, 0) is 6.92 Å². The first-order chi connectivity index (χ1) is 5.49. The van der Waals surface area contributed by atoms with Crippen molar-refractivity contribution in [2.24, 2.45) is 0 Å². The van der Waals surface area contributed by atoms with Gasteiger partial charge in [-0.15, -0.1) is 0 Å². The molecule has 0 saturated heterocycles. The standard InChI is InChI=1S/C8H12O4/c1-5(2)8(11)12-6(3)7(10)4-9/h7,9-10H,1,3-4H2,2H3. The van der Waals surface area contributed by atoms with Crippen LogP contribution in [0.15, 0.2) is 24.5 Å². The summed E-state index contributed by atoms with van der Waals surface area (Å²) in [7, 11) is 0. The Bertz CT molecular complexity index is 207. The van der Waals surface area contributed by atoms with Crippen molar-refractivity contribution >= 4 is 5.97 Å². The minimum absolute atomic E-state index is 0.175. The summed E-state index contributed by atoms with van der Waals surface area (Å²) >= 11 is 0. The molecule has 0 heterocycles. The van der Waals surface area contributed by atoms with Crippen molar-refractivity contribution in [2.75, 3.05) is 6.61 Å². The third-order valence-corrected chi connectivity index (χ3v) is 1.12. The molecule has 0 spiro atoms. The smallest absolute Gasteiger partial charge is 0.338 e. The van der Waals surface area contributed by atoms with Gasteiger partial charge in [-0.2, -0.15) is 0 Å². The van der Waals surface area contributed by atoms with Crippen LogP contribution in [-0.4, -0.2) is 28.9 Å². The number of hydrogen-bond acceptors (Lipinski definition) is 4. The second kappa shape index (κ2) is 4.69. The Kier molecular flexibility index (Phi) is 4.25. The molecule has 1 atom stereocenters. The molecule has 0 saturated carbocycles. The van der Waals surface area contributed by atoms with E-state index in [1.807, 2.05) is 0 Å². The van der Waals surface area contributed by atoms with E-state index in [2.05, 4.69) is 17.9 Å². The molecular weight excluding hydrogens is 160 g/mol. The molecule has 68 valence electrons. The van der Waals surface area contributed by atoms with Crippen molar-refractivity contribution < 1.29 is 19.7 Å². The molecule has 0 aromatic rings. The van der Waals surface area contributed by atoms with Crippen LogP contribution in [0.25, 0.3) is 0 Å². The number of rotatable bonds is 4. The van der Waals surface area contributed by atoms with Crippen LogP contribution in [0, 0.1) is 0 Å². The first-order valence-corrected chi connectivity index (χ1v) is 3.34. The Morgan fingerprint density at radius 2 is 2.08 bits per heavy atom. The van der Waals surface area contributed by atoms with E-state index < -0.39 is 18.7 Å². The molecular formula is C8H12O4. The first-order valence-electron chi connectivity index (χ1n) is 3.34. The van der Waals surface area contributed by atoms with Crippen LogP contribution in [0.2, 0.25) is 0 Å². The minimum Gasteiger partial charge on any atom is -0.425 e. The number of aliphatic hydroxyl groups is 2. The van der Waals surface area contributed by atoms with Crippen LogP contribution in [0.4, 0.5) is 0 Å². The van der Waals surface area contributed by atoms with E-state index in [1.165, 1.54) is 6.92 Å². The summed E-state index contributed by atoms with van der Waals surface area (Å²) < 4.78 is 4.52. The van der Waals surface area contributed by atoms with Crippen molar-refractivity contribution in [2.45, 2.75) is 13.0 Å². The molecule has 1 unspecified atom stereocenters. The van der Waals surface area contributed by atoms with Crippen LogP contribution >= 0.6 is 0 Å². The van der Waals surface area contributed by atoms with E-state index in [9.17, 15) is 4.79 Å². The van der Waals surface area contributed by atoms with Crippen LogP contribution in [-0.2, 0) is 9.53 Å². The minimum atomic E-state index is -1.23. The molecule has 0 aromatic heterocycles. The largest absolute Gasteiger partial charge is 0.425 e. The van der Waals surface area contributed by atoms with Crippen molar-refractivity contribution in [1.29, 1.82) is 0 Å². The maximum absolute atomic E-state index is 10.8. The van der Waals surface area contributed by atoms with Gasteiger partial charge >= 0.3 is 5.97 Å². The molecule has 0 amide bonds. The van der Waals surface area contributed by atoms with Crippen molar-refractivity contribution in [3.63, 3.8) is 0 Å². The average Bonchev–Trinajstić information content (AvgIpc) is 2.02. The molecule has 0 aromatic carbocycles. The highest BCUT2D eigenvalue weighted by atomic mass is 16.5. The predicted molar refractivity (Wildman–Crippen MR) is 43.1 cm³/mol. The maximum atomic E-state index is 10.8. The normalized spacial score (nSPS) is 11.9. The second-order valence-electron chi connectivity index (χ2n) is 2.33. The van der Waals surface area contributed by atoms with Gasteiger partial charge in [0.2, 0.25) is 0 Å². The predicted octanol–water partition coefficient (Wildman–Crippen LogP) is -0.0274. The number of hydrogen-bond donors (Lipinski definition) is 2. The van der Waals surface area contributed by atoms with Gasteiger partial charge in [0, 0.05) is 5.57 Å². The lowest BCUT2D eigenvalue weighted by atomic mass is 10.3. The summed E-state index contributed by atoms with van der Waals surface area (Å²) in [5.74, 6) is -0.835. The zero-order valence-corrected chi connectivity index (χ0v) is 6.91. The third kappa shape index (κ3) is 3.32. The van der Waals surface area contributed by atoms with Gasteiger partial charge in [0.05, 0.1) is 6.61 Å². The van der Waals surface area contributed by atoms with Gasteiger partial charge in [-0.1, -0.05) is 13.2 Å².